The van der Waals surface area contributed by atoms with Gasteiger partial charge in [-0.15, -0.1) is 0 Å². The van der Waals surface area contributed by atoms with Crippen LogP contribution in [0.25, 0.3) is 0 Å². The summed E-state index contributed by atoms with van der Waals surface area (Å²) in [5, 5.41) is 26.0. The molecule has 5 N–H and O–H groups in total. The third kappa shape index (κ3) is 40.1. The third-order valence-electron chi connectivity index (χ3n) is 13.3. The summed E-state index contributed by atoms with van der Waals surface area (Å²) in [6, 6.07) is 18.1. The molecule has 2 unspecified atom stereocenters. The van der Waals surface area contributed by atoms with Crippen molar-refractivity contribution < 1.29 is 62.4 Å². The molecule has 2 aromatic carbocycles. The fourth-order valence-corrected chi connectivity index (χ4v) is 8.68. The molecular weight excluding hydrogens is 1150 g/mol. The highest BCUT2D eigenvalue weighted by Gasteiger charge is 2.47. The number of aliphatic hydroxyl groups excluding tert-OH is 2. The normalized spacial score (nSPS) is 15.6. The molecular formula is C76H86N2O13. The molecule has 0 radical (unpaired) electrons. The second kappa shape index (κ2) is 54.6. The number of esters is 1. The molecule has 478 valence electrons. The van der Waals surface area contributed by atoms with Crippen molar-refractivity contribution in [2.24, 2.45) is 11.7 Å². The largest absolute Gasteiger partial charge is 0.463 e. The maximum atomic E-state index is 13.5. The van der Waals surface area contributed by atoms with Crippen LogP contribution < -0.4 is 11.1 Å². The van der Waals surface area contributed by atoms with E-state index in [0.29, 0.717) is 52.6 Å². The van der Waals surface area contributed by atoms with Gasteiger partial charge in [-0.25, -0.2) is 0 Å². The van der Waals surface area contributed by atoms with Crippen molar-refractivity contribution in [3.8, 4) is 142 Å². The van der Waals surface area contributed by atoms with Crippen LogP contribution in [0.3, 0.4) is 0 Å². The van der Waals surface area contributed by atoms with Crippen molar-refractivity contribution in [3.63, 3.8) is 0 Å². The lowest BCUT2D eigenvalue weighted by Crippen LogP contribution is -2.58. The van der Waals surface area contributed by atoms with Crippen LogP contribution in [0.5, 0.6) is 0 Å². The van der Waals surface area contributed by atoms with Gasteiger partial charge in [0, 0.05) is 53.9 Å². The number of carbonyl (C=O) groups is 2. The van der Waals surface area contributed by atoms with E-state index < -0.39 is 60.6 Å². The van der Waals surface area contributed by atoms with E-state index >= 15 is 0 Å². The third-order valence-corrected chi connectivity index (χ3v) is 13.3. The fourth-order valence-electron chi connectivity index (χ4n) is 8.68. The highest BCUT2D eigenvalue weighted by atomic mass is 16.7. The number of ether oxygens (including phenoxy) is 9. The van der Waals surface area contributed by atoms with Gasteiger partial charge in [-0.1, -0.05) is 157 Å². The lowest BCUT2D eigenvalue weighted by molar-refractivity contribution is -0.308. The van der Waals surface area contributed by atoms with E-state index in [1.807, 2.05) is 67.6 Å². The van der Waals surface area contributed by atoms with Crippen molar-refractivity contribution in [1.29, 1.82) is 0 Å². The molecule has 1 aliphatic rings. The molecule has 0 aliphatic carbocycles. The Morgan fingerprint density at radius 2 is 0.956 bits per heavy atom. The van der Waals surface area contributed by atoms with Gasteiger partial charge in [0.05, 0.1) is 97.3 Å². The zero-order valence-corrected chi connectivity index (χ0v) is 52.9. The fraction of sp³-hybridized carbons (Fsp3) is 0.500. The molecule has 0 bridgehead atoms. The first-order valence-corrected chi connectivity index (χ1v) is 31.1. The number of carbonyl (C=O) groups excluding carboxylic acids is 2. The Bertz CT molecular complexity index is 3230. The number of hydrogen-bond donors (Lipinski definition) is 4. The van der Waals surface area contributed by atoms with Crippen LogP contribution in [0.4, 0.5) is 0 Å². The number of nitrogens with two attached hydrogens (primary N) is 1. The van der Waals surface area contributed by atoms with Gasteiger partial charge in [0.1, 0.15) is 24.9 Å². The number of hydrogen-bond acceptors (Lipinski definition) is 14. The summed E-state index contributed by atoms with van der Waals surface area (Å²) in [4.78, 5) is 26.7. The first kappa shape index (κ1) is 76.9. The summed E-state index contributed by atoms with van der Waals surface area (Å²) in [7, 11) is 0. The van der Waals surface area contributed by atoms with Gasteiger partial charge in [0.2, 0.25) is 0 Å². The van der Waals surface area contributed by atoms with Crippen LogP contribution in [0, 0.1) is 148 Å². The molecule has 1 heterocycles. The van der Waals surface area contributed by atoms with Crippen molar-refractivity contribution in [1.82, 2.24) is 5.32 Å². The van der Waals surface area contributed by atoms with Crippen molar-refractivity contribution in [3.05, 3.63) is 71.8 Å². The van der Waals surface area contributed by atoms with Crippen LogP contribution in [0.15, 0.2) is 60.7 Å². The Hall–Kier alpha value is -8.34. The zero-order valence-electron chi connectivity index (χ0n) is 52.9. The first-order chi connectivity index (χ1) is 44.8. The molecule has 3 rings (SSSR count). The summed E-state index contributed by atoms with van der Waals surface area (Å²) in [6.45, 7) is 9.03. The first-order valence-electron chi connectivity index (χ1n) is 31.1. The van der Waals surface area contributed by atoms with Crippen molar-refractivity contribution in [2.75, 3.05) is 72.6 Å². The topological polar surface area (TPSA) is 196 Å². The van der Waals surface area contributed by atoms with Gasteiger partial charge in [-0.2, -0.15) is 0 Å². The number of unbranched alkanes of at least 4 members (excludes halogenated alkanes) is 11. The highest BCUT2D eigenvalue weighted by molar-refractivity contribution is 5.94. The molecule has 0 saturated carbocycles. The Labute approximate surface area is 542 Å². The molecule has 8 atom stereocenters. The Morgan fingerprint density at radius 1 is 0.538 bits per heavy atom. The summed E-state index contributed by atoms with van der Waals surface area (Å²) < 4.78 is 54.2. The van der Waals surface area contributed by atoms with Gasteiger partial charge in [-0.05, 0) is 119 Å². The van der Waals surface area contributed by atoms with E-state index in [2.05, 4.69) is 154 Å². The maximum absolute atomic E-state index is 13.5. The predicted octanol–water partition coefficient (Wildman–Crippen LogP) is 6.85. The highest BCUT2D eigenvalue weighted by Crippen LogP contribution is 2.33. The molecule has 1 saturated heterocycles. The predicted molar refractivity (Wildman–Crippen MR) is 350 cm³/mol. The average Bonchev–Trinajstić information content (AvgIpc) is 1.42. The van der Waals surface area contributed by atoms with Crippen LogP contribution in [0.1, 0.15) is 122 Å². The molecule has 15 heteroatoms. The molecule has 15 nitrogen and oxygen atoms in total. The lowest BCUT2D eigenvalue weighted by Gasteiger charge is -2.45. The summed E-state index contributed by atoms with van der Waals surface area (Å²) >= 11 is 0. The zero-order chi connectivity index (χ0) is 65.1. The van der Waals surface area contributed by atoms with E-state index in [9.17, 15) is 19.8 Å². The van der Waals surface area contributed by atoms with Gasteiger partial charge >= 0.3 is 5.97 Å². The van der Waals surface area contributed by atoms with Gasteiger partial charge in [0.25, 0.3) is 5.91 Å². The van der Waals surface area contributed by atoms with Crippen LogP contribution >= 0.6 is 0 Å². The number of amides is 1. The second-order valence-electron chi connectivity index (χ2n) is 20.4. The van der Waals surface area contributed by atoms with E-state index in [-0.39, 0.29) is 52.5 Å². The summed E-state index contributed by atoms with van der Waals surface area (Å²) in [5.74, 6) is 58.8. The maximum Gasteiger partial charge on any atom is 0.308 e. The molecule has 0 spiro atoms. The smallest absolute Gasteiger partial charge is 0.308 e. The number of benzene rings is 2. The number of aliphatic hydroxyl groups is 2. The van der Waals surface area contributed by atoms with Crippen LogP contribution in [-0.4, -0.2) is 138 Å². The molecule has 1 fully saturated rings. The quantitative estimate of drug-likeness (QED) is 0.0307. The number of rotatable bonds is 41. The number of nitrogens with one attached hydrogen (secondary N) is 1. The van der Waals surface area contributed by atoms with Crippen LogP contribution in [-0.2, 0) is 65.4 Å². The van der Waals surface area contributed by atoms with Crippen LogP contribution in [0.2, 0.25) is 0 Å². The minimum absolute atomic E-state index is 0.0318. The molecule has 1 amide bonds. The minimum atomic E-state index is -1.48. The molecule has 2 aromatic rings. The van der Waals surface area contributed by atoms with Gasteiger partial charge in [-0.3, -0.25) is 9.59 Å². The van der Waals surface area contributed by atoms with Gasteiger partial charge < -0.3 is 63.9 Å². The average molecular weight is 1240 g/mol. The Morgan fingerprint density at radius 3 is 1.42 bits per heavy atom. The molecule has 91 heavy (non-hydrogen) atoms. The lowest BCUT2D eigenvalue weighted by atomic mass is 9.90. The summed E-state index contributed by atoms with van der Waals surface area (Å²) in [6.07, 6.45) is 7.77. The van der Waals surface area contributed by atoms with E-state index in [0.717, 1.165) is 30.4 Å². The standard InChI is InChI=1S/C76H86N2O13/c1-4-6-8-10-12-14-16-18-19-20-21-22-23-24-25-26-27-28-30-32-34-36-44-50-71(80)78-68(73(82)69(79)49-43-35-33-31-29-17-15-13-11-9-7-5-2)63-90-76-75(89-62-67-47-41-38-42-48-67)65(3)74(88-61-66-45-39-37-40-46-66)70(91-76)64-87-72(81)51-53-83-55-57-85-59-60-86-58-56-84-54-52-77/h37-42,45-48,65,68-70,73-76,79,82H,5,7,9,11,13,15,17,29,31,33,35,43,49,51-64,77H2,1-3H3,(H,78,80)/t65-,68-,69+,70?,73-,74+,75?,76-/m0/s1. The second-order valence-corrected chi connectivity index (χ2v) is 20.4. The van der Waals surface area contributed by atoms with E-state index in [1.165, 1.54) is 51.4 Å². The van der Waals surface area contributed by atoms with E-state index in [4.69, 9.17) is 48.4 Å². The Balaban J connectivity index is 1.76. The Kier molecular flexibility index (Phi) is 46.1. The van der Waals surface area contributed by atoms with Gasteiger partial charge in [0.15, 0.2) is 6.29 Å². The summed E-state index contributed by atoms with van der Waals surface area (Å²) in [5.41, 5.74) is 7.23. The van der Waals surface area contributed by atoms with Crippen molar-refractivity contribution >= 4 is 11.9 Å². The van der Waals surface area contributed by atoms with E-state index in [1.54, 1.807) is 6.92 Å². The van der Waals surface area contributed by atoms with Crippen molar-refractivity contribution in [2.45, 2.75) is 167 Å². The molecule has 0 aromatic heterocycles. The monoisotopic (exact) mass is 1230 g/mol. The molecule has 1 aliphatic heterocycles. The minimum Gasteiger partial charge on any atom is -0.463 e. The SMILES string of the molecule is CC#CC#CC#CC#CC#CC#CC#CC#CC#CC#CC#CC#CC(=O)N[C@@H](CO[C@H]1OC(COC(=O)CCOCCOCCOCCOCCN)[C@H](OCc2ccccc2)[C@H](C)C1OCc1ccccc1)[C@H](O)[C@H](O)CCCCCCCCCCCCCC.